The van der Waals surface area contributed by atoms with Gasteiger partial charge in [-0.25, -0.2) is 0 Å². The Morgan fingerprint density at radius 3 is 2.50 bits per heavy atom. The van der Waals surface area contributed by atoms with E-state index in [0.717, 1.165) is 19.6 Å². The highest BCUT2D eigenvalue weighted by Crippen LogP contribution is 2.33. The molecule has 0 aliphatic carbocycles. The van der Waals surface area contributed by atoms with Crippen molar-refractivity contribution in [2.75, 3.05) is 19.6 Å². The summed E-state index contributed by atoms with van der Waals surface area (Å²) in [4.78, 5) is 2.71. The van der Waals surface area contributed by atoms with E-state index in [1.54, 1.807) is 0 Å². The Kier molecular flexibility index (Phi) is 4.41. The molecule has 2 rings (SSSR count). The minimum absolute atomic E-state index is 0.322. The van der Waals surface area contributed by atoms with E-state index >= 15 is 0 Å². The zero-order valence-corrected chi connectivity index (χ0v) is 11.9. The van der Waals surface area contributed by atoms with E-state index in [-0.39, 0.29) is 0 Å². The van der Waals surface area contributed by atoms with Crippen LogP contribution in [-0.2, 0) is 0 Å². The van der Waals surface area contributed by atoms with Gasteiger partial charge in [0.15, 0.2) is 0 Å². The van der Waals surface area contributed by atoms with Gasteiger partial charge in [-0.05, 0) is 25.3 Å². The van der Waals surface area contributed by atoms with Crippen molar-refractivity contribution in [2.45, 2.75) is 45.2 Å². The van der Waals surface area contributed by atoms with Gasteiger partial charge in [-0.3, -0.25) is 4.90 Å². The first-order chi connectivity index (χ1) is 8.71. The van der Waals surface area contributed by atoms with Gasteiger partial charge in [0.1, 0.15) is 0 Å². The lowest BCUT2D eigenvalue weighted by atomic mass is 9.88. The topological polar surface area (TPSA) is 15.3 Å². The van der Waals surface area contributed by atoms with Crippen molar-refractivity contribution in [3.63, 3.8) is 0 Å². The molecule has 0 radical (unpaired) electrons. The highest BCUT2D eigenvalue weighted by molar-refractivity contribution is 5.21. The first-order valence-corrected chi connectivity index (χ1v) is 7.23. The number of benzene rings is 1. The molecular weight excluding hydrogens is 220 g/mol. The van der Waals surface area contributed by atoms with Gasteiger partial charge in [0.05, 0.1) is 0 Å². The second-order valence-electron chi connectivity index (χ2n) is 5.53. The molecule has 0 bridgehead atoms. The van der Waals surface area contributed by atoms with E-state index in [2.05, 4.69) is 61.3 Å². The molecule has 1 heterocycles. The monoisotopic (exact) mass is 246 g/mol. The molecule has 1 fully saturated rings. The van der Waals surface area contributed by atoms with Crippen LogP contribution in [0, 0.1) is 0 Å². The fraction of sp³-hybridized carbons (Fsp3) is 0.625. The van der Waals surface area contributed by atoms with E-state index in [9.17, 15) is 0 Å². The fourth-order valence-electron chi connectivity index (χ4n) is 2.98. The number of rotatable bonds is 4. The van der Waals surface area contributed by atoms with Crippen molar-refractivity contribution in [1.82, 2.24) is 10.2 Å². The molecule has 1 aliphatic heterocycles. The van der Waals surface area contributed by atoms with Crippen molar-refractivity contribution < 1.29 is 0 Å². The van der Waals surface area contributed by atoms with Crippen LogP contribution in [0.15, 0.2) is 30.3 Å². The number of hydrogen-bond acceptors (Lipinski definition) is 2. The zero-order chi connectivity index (χ0) is 13.0. The van der Waals surface area contributed by atoms with Crippen LogP contribution in [0.2, 0.25) is 0 Å². The number of nitrogens with one attached hydrogen (secondary N) is 1. The Balaban J connectivity index is 2.26. The van der Waals surface area contributed by atoms with Gasteiger partial charge in [-0.2, -0.15) is 0 Å². The molecule has 0 aromatic heterocycles. The average Bonchev–Trinajstić information content (AvgIpc) is 2.47. The SMILES string of the molecule is CCC(C)(CC)N1CCNCC1c1ccccc1. The third kappa shape index (κ3) is 2.60. The maximum atomic E-state index is 3.54. The Bertz CT molecular complexity index is 357. The van der Waals surface area contributed by atoms with Gasteiger partial charge >= 0.3 is 0 Å². The molecule has 18 heavy (non-hydrogen) atoms. The summed E-state index contributed by atoms with van der Waals surface area (Å²) in [5.74, 6) is 0. The lowest BCUT2D eigenvalue weighted by Crippen LogP contribution is -2.55. The normalized spacial score (nSPS) is 22.1. The summed E-state index contributed by atoms with van der Waals surface area (Å²) in [7, 11) is 0. The van der Waals surface area contributed by atoms with Crippen molar-refractivity contribution >= 4 is 0 Å². The maximum absolute atomic E-state index is 3.54. The molecule has 1 aliphatic rings. The number of piperazine rings is 1. The molecule has 1 saturated heterocycles. The van der Waals surface area contributed by atoms with Crippen LogP contribution in [0.3, 0.4) is 0 Å². The molecule has 100 valence electrons. The van der Waals surface area contributed by atoms with Crippen LogP contribution < -0.4 is 5.32 Å². The van der Waals surface area contributed by atoms with Gasteiger partial charge in [-0.15, -0.1) is 0 Å². The average molecular weight is 246 g/mol. The molecule has 0 saturated carbocycles. The molecule has 1 N–H and O–H groups in total. The first-order valence-electron chi connectivity index (χ1n) is 7.23. The summed E-state index contributed by atoms with van der Waals surface area (Å²) in [6.07, 6.45) is 2.43. The van der Waals surface area contributed by atoms with E-state index in [4.69, 9.17) is 0 Å². The number of hydrogen-bond donors (Lipinski definition) is 1. The summed E-state index contributed by atoms with van der Waals surface area (Å²) in [6.45, 7) is 10.4. The Labute approximate surface area is 111 Å². The van der Waals surface area contributed by atoms with Crippen LogP contribution in [0.4, 0.5) is 0 Å². The lowest BCUT2D eigenvalue weighted by Gasteiger charge is -2.48. The minimum atomic E-state index is 0.322. The van der Waals surface area contributed by atoms with E-state index in [0.29, 0.717) is 11.6 Å². The zero-order valence-electron chi connectivity index (χ0n) is 11.9. The third-order valence-electron chi connectivity index (χ3n) is 4.64. The quantitative estimate of drug-likeness (QED) is 0.877. The maximum Gasteiger partial charge on any atom is 0.0478 e. The fourth-order valence-corrected chi connectivity index (χ4v) is 2.98. The largest absolute Gasteiger partial charge is 0.314 e. The minimum Gasteiger partial charge on any atom is -0.314 e. The van der Waals surface area contributed by atoms with Crippen LogP contribution in [0.25, 0.3) is 0 Å². The van der Waals surface area contributed by atoms with Crippen LogP contribution in [-0.4, -0.2) is 30.1 Å². The molecule has 0 amide bonds. The van der Waals surface area contributed by atoms with Gasteiger partial charge < -0.3 is 5.32 Å². The van der Waals surface area contributed by atoms with E-state index < -0.39 is 0 Å². The molecule has 0 spiro atoms. The molecule has 1 atom stereocenters. The molecule has 1 aromatic rings. The molecule has 1 aromatic carbocycles. The van der Waals surface area contributed by atoms with Crippen molar-refractivity contribution in [3.05, 3.63) is 35.9 Å². The highest BCUT2D eigenvalue weighted by atomic mass is 15.3. The van der Waals surface area contributed by atoms with E-state index in [1.165, 1.54) is 18.4 Å². The summed E-state index contributed by atoms with van der Waals surface area (Å²) < 4.78 is 0. The number of nitrogens with zero attached hydrogens (tertiary/aromatic N) is 1. The molecule has 2 nitrogen and oxygen atoms in total. The Hall–Kier alpha value is -0.860. The second kappa shape index (κ2) is 5.85. The molecule has 1 unspecified atom stereocenters. The summed E-state index contributed by atoms with van der Waals surface area (Å²) in [6, 6.07) is 11.4. The highest BCUT2D eigenvalue weighted by Gasteiger charge is 2.35. The molecular formula is C16H26N2. The standard InChI is InChI=1S/C16H26N2/c1-4-16(3,5-2)18-12-11-17-13-15(18)14-9-7-6-8-10-14/h6-10,15,17H,4-5,11-13H2,1-3H3. The summed E-state index contributed by atoms with van der Waals surface area (Å²) in [5.41, 5.74) is 1.76. The summed E-state index contributed by atoms with van der Waals surface area (Å²) >= 11 is 0. The summed E-state index contributed by atoms with van der Waals surface area (Å²) in [5, 5.41) is 3.54. The van der Waals surface area contributed by atoms with Gasteiger partial charge in [0.25, 0.3) is 0 Å². The lowest BCUT2D eigenvalue weighted by molar-refractivity contribution is 0.0300. The van der Waals surface area contributed by atoms with Crippen molar-refractivity contribution in [3.8, 4) is 0 Å². The second-order valence-corrected chi connectivity index (χ2v) is 5.53. The molecule has 2 heteroatoms. The van der Waals surface area contributed by atoms with Crippen LogP contribution in [0.5, 0.6) is 0 Å². The van der Waals surface area contributed by atoms with Crippen molar-refractivity contribution in [2.24, 2.45) is 0 Å². The smallest absolute Gasteiger partial charge is 0.0478 e. The van der Waals surface area contributed by atoms with Gasteiger partial charge in [-0.1, -0.05) is 44.2 Å². The van der Waals surface area contributed by atoms with E-state index in [1.807, 2.05) is 0 Å². The van der Waals surface area contributed by atoms with Crippen molar-refractivity contribution in [1.29, 1.82) is 0 Å². The Morgan fingerprint density at radius 1 is 1.22 bits per heavy atom. The van der Waals surface area contributed by atoms with Gasteiger partial charge in [0.2, 0.25) is 0 Å². The third-order valence-corrected chi connectivity index (χ3v) is 4.64. The van der Waals surface area contributed by atoms with Crippen LogP contribution in [0.1, 0.15) is 45.2 Å². The predicted octanol–water partition coefficient (Wildman–Crippen LogP) is 3.21. The predicted molar refractivity (Wildman–Crippen MR) is 77.7 cm³/mol. The first kappa shape index (κ1) is 13.6. The Morgan fingerprint density at radius 2 is 1.89 bits per heavy atom. The van der Waals surface area contributed by atoms with Gasteiger partial charge in [0, 0.05) is 31.2 Å². The van der Waals surface area contributed by atoms with Crippen LogP contribution >= 0.6 is 0 Å².